The number of anilines is 1. The summed E-state index contributed by atoms with van der Waals surface area (Å²) in [5, 5.41) is 0. The molecule has 0 saturated heterocycles. The molecule has 2 N–H and O–H groups in total. The van der Waals surface area contributed by atoms with Gasteiger partial charge in [-0.25, -0.2) is 0 Å². The van der Waals surface area contributed by atoms with Gasteiger partial charge in [0.15, 0.2) is 0 Å². The van der Waals surface area contributed by atoms with Crippen LogP contribution in [0.2, 0.25) is 0 Å². The molecule has 0 radical (unpaired) electrons. The highest BCUT2D eigenvalue weighted by atomic mass is 16.5. The Hall–Kier alpha value is -2.49. The van der Waals surface area contributed by atoms with Crippen molar-refractivity contribution >= 4 is 11.7 Å². The van der Waals surface area contributed by atoms with Gasteiger partial charge < -0.3 is 15.2 Å². The smallest absolute Gasteiger partial charge is 0.309 e. The van der Waals surface area contributed by atoms with Crippen molar-refractivity contribution in [2.24, 2.45) is 0 Å². The number of rotatable bonds is 5. The Bertz CT molecular complexity index is 638. The average Bonchev–Trinajstić information content (AvgIpc) is 2.47. The lowest BCUT2D eigenvalue weighted by Crippen LogP contribution is -2.08. The first-order chi connectivity index (χ1) is 10.1. The van der Waals surface area contributed by atoms with Gasteiger partial charge in [0.2, 0.25) is 0 Å². The maximum absolute atomic E-state index is 11.4. The highest BCUT2D eigenvalue weighted by Gasteiger charge is 2.09. The van der Waals surface area contributed by atoms with E-state index in [4.69, 9.17) is 15.2 Å². The van der Waals surface area contributed by atoms with Crippen molar-refractivity contribution in [2.75, 3.05) is 12.8 Å². The topological polar surface area (TPSA) is 61.5 Å². The predicted molar refractivity (Wildman–Crippen MR) is 82.1 cm³/mol. The maximum atomic E-state index is 11.4. The van der Waals surface area contributed by atoms with E-state index in [9.17, 15) is 4.79 Å². The Kier molecular flexibility index (Phi) is 4.82. The van der Waals surface area contributed by atoms with Crippen molar-refractivity contribution in [1.29, 1.82) is 0 Å². The molecule has 2 rings (SSSR count). The molecule has 0 aliphatic heterocycles. The third-order valence-corrected chi connectivity index (χ3v) is 3.26. The highest BCUT2D eigenvalue weighted by molar-refractivity contribution is 5.72. The van der Waals surface area contributed by atoms with Gasteiger partial charge in [-0.3, -0.25) is 4.79 Å². The maximum Gasteiger partial charge on any atom is 0.309 e. The normalized spacial score (nSPS) is 10.2. The van der Waals surface area contributed by atoms with E-state index in [0.717, 1.165) is 22.4 Å². The van der Waals surface area contributed by atoms with Crippen LogP contribution >= 0.6 is 0 Å². The molecule has 110 valence electrons. The van der Waals surface area contributed by atoms with Gasteiger partial charge in [0.25, 0.3) is 0 Å². The molecule has 2 aromatic rings. The molecule has 0 unspecified atom stereocenters. The van der Waals surface area contributed by atoms with Crippen molar-refractivity contribution in [3.05, 3.63) is 59.2 Å². The summed E-state index contributed by atoms with van der Waals surface area (Å²) < 4.78 is 10.5. The molecule has 4 heteroatoms. The van der Waals surface area contributed by atoms with Crippen molar-refractivity contribution in [3.8, 4) is 5.75 Å². The summed E-state index contributed by atoms with van der Waals surface area (Å²) in [6.45, 7) is 2.35. The van der Waals surface area contributed by atoms with E-state index in [0.29, 0.717) is 12.3 Å². The van der Waals surface area contributed by atoms with Crippen LogP contribution in [0.4, 0.5) is 5.69 Å². The Balaban J connectivity index is 2.11. The van der Waals surface area contributed by atoms with E-state index in [1.807, 2.05) is 49.4 Å². The van der Waals surface area contributed by atoms with Crippen molar-refractivity contribution in [1.82, 2.24) is 0 Å². The fourth-order valence-electron chi connectivity index (χ4n) is 2.09. The fourth-order valence-corrected chi connectivity index (χ4v) is 2.09. The number of carbonyl (C=O) groups is 1. The Morgan fingerprint density at radius 2 is 1.86 bits per heavy atom. The highest BCUT2D eigenvalue weighted by Crippen LogP contribution is 2.22. The van der Waals surface area contributed by atoms with Crippen LogP contribution in [0.15, 0.2) is 42.5 Å². The van der Waals surface area contributed by atoms with Crippen LogP contribution in [0.5, 0.6) is 5.75 Å². The number of carbonyl (C=O) groups excluding carboxylic acids is 1. The summed E-state index contributed by atoms with van der Waals surface area (Å²) >= 11 is 0. The van der Waals surface area contributed by atoms with Gasteiger partial charge in [-0.2, -0.15) is 0 Å². The van der Waals surface area contributed by atoms with Gasteiger partial charge >= 0.3 is 5.97 Å². The van der Waals surface area contributed by atoms with Gasteiger partial charge in [0, 0.05) is 5.69 Å². The van der Waals surface area contributed by atoms with Crippen molar-refractivity contribution in [2.45, 2.75) is 20.0 Å². The quantitative estimate of drug-likeness (QED) is 0.678. The number of hydrogen-bond donors (Lipinski definition) is 1. The molecule has 2 aromatic carbocycles. The summed E-state index contributed by atoms with van der Waals surface area (Å²) in [6, 6.07) is 13.2. The van der Waals surface area contributed by atoms with Gasteiger partial charge in [-0.1, -0.05) is 24.3 Å². The van der Waals surface area contributed by atoms with Crippen LogP contribution in [0.25, 0.3) is 0 Å². The molecule has 0 amide bonds. The van der Waals surface area contributed by atoms with Crippen LogP contribution in [0, 0.1) is 6.92 Å². The second-order valence-corrected chi connectivity index (χ2v) is 4.84. The number of hydrogen-bond acceptors (Lipinski definition) is 4. The molecule has 0 atom stereocenters. The zero-order valence-electron chi connectivity index (χ0n) is 12.3. The second kappa shape index (κ2) is 6.79. The molecule has 4 nitrogen and oxygen atoms in total. The first kappa shape index (κ1) is 14.9. The van der Waals surface area contributed by atoms with Crippen LogP contribution in [0.1, 0.15) is 16.7 Å². The van der Waals surface area contributed by atoms with E-state index in [-0.39, 0.29) is 12.4 Å². The Labute approximate surface area is 124 Å². The zero-order valence-corrected chi connectivity index (χ0v) is 12.3. The van der Waals surface area contributed by atoms with Crippen molar-refractivity contribution < 1.29 is 14.3 Å². The van der Waals surface area contributed by atoms with Crippen LogP contribution in [-0.2, 0) is 22.6 Å². The van der Waals surface area contributed by atoms with Crippen LogP contribution in [0.3, 0.4) is 0 Å². The van der Waals surface area contributed by atoms with E-state index >= 15 is 0 Å². The lowest BCUT2D eigenvalue weighted by Gasteiger charge is -2.12. The molecule has 0 aliphatic rings. The fraction of sp³-hybridized carbons (Fsp3) is 0.235. The number of esters is 1. The lowest BCUT2D eigenvalue weighted by molar-refractivity contribution is -0.139. The SMILES string of the molecule is COC(=O)Cc1ccccc1COc1ccc(N)cc1C. The largest absolute Gasteiger partial charge is 0.489 e. The molecule has 0 spiro atoms. The molecule has 21 heavy (non-hydrogen) atoms. The molecular weight excluding hydrogens is 266 g/mol. The summed E-state index contributed by atoms with van der Waals surface area (Å²) in [4.78, 5) is 11.4. The first-order valence-electron chi connectivity index (χ1n) is 6.72. The zero-order chi connectivity index (χ0) is 15.2. The van der Waals surface area contributed by atoms with E-state index in [2.05, 4.69) is 0 Å². The number of ether oxygens (including phenoxy) is 2. The Morgan fingerprint density at radius 3 is 2.52 bits per heavy atom. The van der Waals surface area contributed by atoms with Gasteiger partial charge in [0.1, 0.15) is 12.4 Å². The third kappa shape index (κ3) is 3.99. The lowest BCUT2D eigenvalue weighted by atomic mass is 10.1. The number of aryl methyl sites for hydroxylation is 1. The van der Waals surface area contributed by atoms with E-state index in [1.54, 1.807) is 0 Å². The second-order valence-electron chi connectivity index (χ2n) is 4.84. The Morgan fingerprint density at radius 1 is 1.14 bits per heavy atom. The molecule has 0 bridgehead atoms. The molecular formula is C17H19NO3. The standard InChI is InChI=1S/C17H19NO3/c1-12-9-15(18)7-8-16(12)21-11-14-6-4-3-5-13(14)10-17(19)20-2/h3-9H,10-11,18H2,1-2H3. The van der Waals surface area contributed by atoms with Gasteiger partial charge in [-0.15, -0.1) is 0 Å². The monoisotopic (exact) mass is 285 g/mol. The summed E-state index contributed by atoms with van der Waals surface area (Å²) in [5.41, 5.74) is 9.31. The minimum Gasteiger partial charge on any atom is -0.489 e. The van der Waals surface area contributed by atoms with Gasteiger partial charge in [0.05, 0.1) is 13.5 Å². The molecule has 0 heterocycles. The minimum absolute atomic E-state index is 0.247. The summed E-state index contributed by atoms with van der Waals surface area (Å²) in [7, 11) is 1.39. The molecule has 0 aliphatic carbocycles. The van der Waals surface area contributed by atoms with Crippen molar-refractivity contribution in [3.63, 3.8) is 0 Å². The first-order valence-corrected chi connectivity index (χ1v) is 6.72. The average molecular weight is 285 g/mol. The minimum atomic E-state index is -0.258. The number of methoxy groups -OCH3 is 1. The van der Waals surface area contributed by atoms with Gasteiger partial charge in [-0.05, 0) is 41.8 Å². The molecule has 0 saturated carbocycles. The van der Waals surface area contributed by atoms with Crippen LogP contribution in [-0.4, -0.2) is 13.1 Å². The number of nitrogen functional groups attached to an aromatic ring is 1. The number of benzene rings is 2. The summed E-state index contributed by atoms with van der Waals surface area (Å²) in [6.07, 6.45) is 0.247. The third-order valence-electron chi connectivity index (χ3n) is 3.26. The molecule has 0 aromatic heterocycles. The molecule has 0 fully saturated rings. The number of nitrogens with two attached hydrogens (primary N) is 1. The van der Waals surface area contributed by atoms with Crippen LogP contribution < -0.4 is 10.5 Å². The van der Waals surface area contributed by atoms with E-state index < -0.39 is 0 Å². The van der Waals surface area contributed by atoms with E-state index in [1.165, 1.54) is 7.11 Å². The predicted octanol–water partition coefficient (Wildman–Crippen LogP) is 2.87. The summed E-state index contributed by atoms with van der Waals surface area (Å²) in [5.74, 6) is 0.531.